The number of rotatable bonds is 9. The van der Waals surface area contributed by atoms with E-state index >= 15 is 0 Å². The van der Waals surface area contributed by atoms with Gasteiger partial charge in [-0.25, -0.2) is 4.79 Å². The molecule has 7 nitrogen and oxygen atoms in total. The van der Waals surface area contributed by atoms with Crippen LogP contribution in [-0.4, -0.2) is 45.3 Å². The van der Waals surface area contributed by atoms with Gasteiger partial charge in [-0.3, -0.25) is 4.98 Å². The average molecular weight is 369 g/mol. The molecule has 4 N–H and O–H groups in total. The number of aliphatic hydroxyl groups is 1. The van der Waals surface area contributed by atoms with Gasteiger partial charge in [-0.15, -0.1) is 0 Å². The number of carboxylic acids is 1. The van der Waals surface area contributed by atoms with Crippen molar-refractivity contribution in [2.75, 3.05) is 13.1 Å². The number of H-pyrrole nitrogens is 1. The summed E-state index contributed by atoms with van der Waals surface area (Å²) in [5, 5.41) is 23.4. The van der Waals surface area contributed by atoms with E-state index < -0.39 is 18.2 Å². The molecule has 3 rings (SSSR count). The fraction of sp³-hybridized carbons (Fsp3) is 0.300. The Bertz CT molecular complexity index is 895. The van der Waals surface area contributed by atoms with Crippen molar-refractivity contribution in [3.8, 4) is 5.75 Å². The van der Waals surface area contributed by atoms with Crippen LogP contribution in [0.2, 0.25) is 0 Å². The Labute approximate surface area is 157 Å². The molecule has 0 saturated carbocycles. The minimum Gasteiger partial charge on any atom is -0.479 e. The standard InChI is InChI=1S/C20H23N3O4/c1-13(20(25)26)27-18-6-2-5-16-14(11-23-19(16)18)7-9-22-12-17(24)15-4-3-8-21-10-15/h2-6,8,10-11,13,17,22-24H,7,9,12H2,1H3,(H,25,26)/t13-,17-/m0/s1. The lowest BCUT2D eigenvalue weighted by molar-refractivity contribution is -0.144. The SMILES string of the molecule is C[C@H](Oc1cccc2c(CCNC[C@H](O)c3cccnc3)c[nH]c12)C(=O)O. The number of pyridine rings is 1. The second-order valence-electron chi connectivity index (χ2n) is 6.35. The fourth-order valence-electron chi connectivity index (χ4n) is 2.88. The molecular formula is C20H23N3O4. The average Bonchev–Trinajstić information content (AvgIpc) is 3.10. The van der Waals surface area contributed by atoms with Gasteiger partial charge in [0.15, 0.2) is 6.10 Å². The van der Waals surface area contributed by atoms with Crippen LogP contribution in [-0.2, 0) is 11.2 Å². The molecule has 0 aliphatic rings. The van der Waals surface area contributed by atoms with Crippen molar-refractivity contribution in [3.63, 3.8) is 0 Å². The number of carbonyl (C=O) groups is 1. The summed E-state index contributed by atoms with van der Waals surface area (Å²) in [5.74, 6) is -0.483. The van der Waals surface area contributed by atoms with E-state index in [0.29, 0.717) is 18.8 Å². The molecule has 0 unspecified atom stereocenters. The second-order valence-corrected chi connectivity index (χ2v) is 6.35. The third-order valence-corrected chi connectivity index (χ3v) is 4.39. The number of nitrogens with one attached hydrogen (secondary N) is 2. The van der Waals surface area contributed by atoms with Gasteiger partial charge in [0.25, 0.3) is 0 Å². The summed E-state index contributed by atoms with van der Waals surface area (Å²) >= 11 is 0. The molecule has 142 valence electrons. The monoisotopic (exact) mass is 369 g/mol. The molecule has 2 heterocycles. The maximum Gasteiger partial charge on any atom is 0.344 e. The number of aromatic nitrogens is 2. The number of hydrogen-bond acceptors (Lipinski definition) is 5. The van der Waals surface area contributed by atoms with Gasteiger partial charge in [-0.1, -0.05) is 18.2 Å². The van der Waals surface area contributed by atoms with Gasteiger partial charge in [0.2, 0.25) is 0 Å². The second kappa shape index (κ2) is 8.66. The number of fused-ring (bicyclic) bond motifs is 1. The molecular weight excluding hydrogens is 346 g/mol. The highest BCUT2D eigenvalue weighted by Gasteiger charge is 2.15. The normalized spacial score (nSPS) is 13.4. The van der Waals surface area contributed by atoms with Crippen LogP contribution in [0.4, 0.5) is 0 Å². The molecule has 2 atom stereocenters. The van der Waals surface area contributed by atoms with Gasteiger partial charge < -0.3 is 25.3 Å². The summed E-state index contributed by atoms with van der Waals surface area (Å²) in [6.45, 7) is 2.64. The first-order valence-corrected chi connectivity index (χ1v) is 8.83. The van der Waals surface area contributed by atoms with Gasteiger partial charge >= 0.3 is 5.97 Å². The first-order valence-electron chi connectivity index (χ1n) is 8.83. The van der Waals surface area contributed by atoms with E-state index in [1.165, 1.54) is 6.92 Å². The smallest absolute Gasteiger partial charge is 0.344 e. The third kappa shape index (κ3) is 4.64. The van der Waals surface area contributed by atoms with Crippen molar-refractivity contribution in [3.05, 3.63) is 60.0 Å². The van der Waals surface area contributed by atoms with Gasteiger partial charge in [-0.2, -0.15) is 0 Å². The molecule has 2 aromatic heterocycles. The Morgan fingerprint density at radius 2 is 2.19 bits per heavy atom. The van der Waals surface area contributed by atoms with E-state index in [-0.39, 0.29) is 0 Å². The maximum absolute atomic E-state index is 11.0. The van der Waals surface area contributed by atoms with Crippen molar-refractivity contribution in [1.82, 2.24) is 15.3 Å². The van der Waals surface area contributed by atoms with E-state index in [1.807, 2.05) is 24.4 Å². The lowest BCUT2D eigenvalue weighted by Crippen LogP contribution is -2.23. The van der Waals surface area contributed by atoms with Crippen molar-refractivity contribution >= 4 is 16.9 Å². The summed E-state index contributed by atoms with van der Waals surface area (Å²) in [6.07, 6.45) is 4.48. The highest BCUT2D eigenvalue weighted by molar-refractivity contribution is 5.88. The lowest BCUT2D eigenvalue weighted by Gasteiger charge is -2.12. The Morgan fingerprint density at radius 3 is 2.93 bits per heavy atom. The number of carboxylic acid groups (broad SMARTS) is 1. The van der Waals surface area contributed by atoms with Crippen molar-refractivity contribution in [2.45, 2.75) is 25.6 Å². The van der Waals surface area contributed by atoms with Gasteiger partial charge in [-0.05, 0) is 37.6 Å². The molecule has 1 aromatic carbocycles. The molecule has 7 heteroatoms. The number of aliphatic carboxylic acids is 1. The molecule has 0 bridgehead atoms. The molecule has 0 aliphatic heterocycles. The largest absolute Gasteiger partial charge is 0.479 e. The van der Waals surface area contributed by atoms with Crippen molar-refractivity contribution in [1.29, 1.82) is 0 Å². The minimum atomic E-state index is -1.00. The first-order chi connectivity index (χ1) is 13.1. The van der Waals surface area contributed by atoms with Crippen LogP contribution in [0.15, 0.2) is 48.9 Å². The number of ether oxygens (including phenoxy) is 1. The van der Waals surface area contributed by atoms with Crippen LogP contribution in [0.3, 0.4) is 0 Å². The summed E-state index contributed by atoms with van der Waals surface area (Å²) in [5.41, 5.74) is 2.67. The zero-order valence-electron chi connectivity index (χ0n) is 15.1. The van der Waals surface area contributed by atoms with Crippen LogP contribution >= 0.6 is 0 Å². The Hall–Kier alpha value is -2.90. The van der Waals surface area contributed by atoms with Crippen molar-refractivity contribution in [2.24, 2.45) is 0 Å². The lowest BCUT2D eigenvalue weighted by atomic mass is 10.1. The number of para-hydroxylation sites is 1. The Balaban J connectivity index is 1.59. The molecule has 0 spiro atoms. The molecule has 0 fully saturated rings. The Kier molecular flexibility index (Phi) is 6.05. The number of hydrogen-bond donors (Lipinski definition) is 4. The van der Waals surface area contributed by atoms with Crippen LogP contribution < -0.4 is 10.1 Å². The highest BCUT2D eigenvalue weighted by atomic mass is 16.5. The van der Waals surface area contributed by atoms with E-state index in [0.717, 1.165) is 28.5 Å². The van der Waals surface area contributed by atoms with Gasteiger partial charge in [0.05, 0.1) is 11.6 Å². The van der Waals surface area contributed by atoms with E-state index in [4.69, 9.17) is 9.84 Å². The van der Waals surface area contributed by atoms with E-state index in [2.05, 4.69) is 15.3 Å². The van der Waals surface area contributed by atoms with E-state index in [1.54, 1.807) is 24.5 Å². The first kappa shape index (κ1) is 18.9. The third-order valence-electron chi connectivity index (χ3n) is 4.39. The molecule has 0 aliphatic carbocycles. The van der Waals surface area contributed by atoms with Crippen LogP contribution in [0.1, 0.15) is 24.2 Å². The van der Waals surface area contributed by atoms with Crippen LogP contribution in [0.25, 0.3) is 10.9 Å². The van der Waals surface area contributed by atoms with Gasteiger partial charge in [0.1, 0.15) is 5.75 Å². The molecule has 0 radical (unpaired) electrons. The summed E-state index contributed by atoms with van der Waals surface area (Å²) in [4.78, 5) is 18.2. The topological polar surface area (TPSA) is 107 Å². The minimum absolute atomic E-state index is 0.443. The van der Waals surface area contributed by atoms with E-state index in [9.17, 15) is 9.90 Å². The van der Waals surface area contributed by atoms with Gasteiger partial charge in [0, 0.05) is 36.1 Å². The molecule has 0 amide bonds. The summed E-state index contributed by atoms with van der Waals surface area (Å²) < 4.78 is 5.52. The Morgan fingerprint density at radius 1 is 1.33 bits per heavy atom. The number of nitrogens with zero attached hydrogens (tertiary/aromatic N) is 1. The molecule has 27 heavy (non-hydrogen) atoms. The number of aromatic amines is 1. The zero-order chi connectivity index (χ0) is 19.2. The van der Waals surface area contributed by atoms with Crippen LogP contribution in [0.5, 0.6) is 5.75 Å². The molecule has 3 aromatic rings. The summed E-state index contributed by atoms with van der Waals surface area (Å²) in [7, 11) is 0. The van der Waals surface area contributed by atoms with Crippen LogP contribution in [0, 0.1) is 0 Å². The predicted molar refractivity (Wildman–Crippen MR) is 102 cm³/mol. The zero-order valence-corrected chi connectivity index (χ0v) is 15.1. The quantitative estimate of drug-likeness (QED) is 0.431. The fourth-order valence-corrected chi connectivity index (χ4v) is 2.88. The maximum atomic E-state index is 11.0. The molecule has 0 saturated heterocycles. The predicted octanol–water partition coefficient (Wildman–Crippen LogP) is 2.28. The highest BCUT2D eigenvalue weighted by Crippen LogP contribution is 2.28. The van der Waals surface area contributed by atoms with Crippen molar-refractivity contribution < 1.29 is 19.7 Å². The summed E-state index contributed by atoms with van der Waals surface area (Å²) in [6, 6.07) is 9.23. The number of benzene rings is 1. The number of aliphatic hydroxyl groups excluding tert-OH is 1.